The Labute approximate surface area is 239 Å². The van der Waals surface area contributed by atoms with E-state index in [0.29, 0.717) is 16.3 Å². The van der Waals surface area contributed by atoms with Crippen molar-refractivity contribution in [1.29, 1.82) is 0 Å². The fourth-order valence-corrected chi connectivity index (χ4v) is 5.89. The number of methoxy groups -OCH3 is 1. The van der Waals surface area contributed by atoms with Crippen molar-refractivity contribution in [3.63, 3.8) is 0 Å². The molecule has 3 rings (SSSR count). The molecule has 0 aliphatic heterocycles. The van der Waals surface area contributed by atoms with Crippen molar-refractivity contribution in [3.8, 4) is 5.75 Å². The SMILES string of the molecule is COc1cccc(CN(C(=O)CN(c2ccc(Cl)cc2Cl)S(=O)(=O)c2ccccc2)[C@@H](C)C(=O)NC(C)C)c1. The highest BCUT2D eigenvalue weighted by molar-refractivity contribution is 7.92. The number of anilines is 1. The predicted octanol–water partition coefficient (Wildman–Crippen LogP) is 5.14. The molecule has 0 radical (unpaired) electrons. The summed E-state index contributed by atoms with van der Waals surface area (Å²) in [5, 5.41) is 3.18. The van der Waals surface area contributed by atoms with E-state index in [1.807, 2.05) is 13.8 Å². The van der Waals surface area contributed by atoms with Crippen LogP contribution in [0.15, 0.2) is 77.7 Å². The zero-order valence-electron chi connectivity index (χ0n) is 22.1. The number of hydrogen-bond acceptors (Lipinski definition) is 5. The van der Waals surface area contributed by atoms with E-state index in [1.165, 1.54) is 42.3 Å². The molecule has 11 heteroatoms. The van der Waals surface area contributed by atoms with Crippen molar-refractivity contribution in [3.05, 3.63) is 88.4 Å². The molecule has 0 saturated heterocycles. The van der Waals surface area contributed by atoms with Gasteiger partial charge in [0.15, 0.2) is 0 Å². The molecule has 0 aliphatic carbocycles. The van der Waals surface area contributed by atoms with Gasteiger partial charge in [-0.1, -0.05) is 53.5 Å². The van der Waals surface area contributed by atoms with Gasteiger partial charge in [0, 0.05) is 17.6 Å². The third-order valence-corrected chi connectivity index (χ3v) is 8.19. The van der Waals surface area contributed by atoms with Crippen LogP contribution in [0, 0.1) is 0 Å². The smallest absolute Gasteiger partial charge is 0.264 e. The summed E-state index contributed by atoms with van der Waals surface area (Å²) in [6.07, 6.45) is 0. The Hall–Kier alpha value is -3.27. The Balaban J connectivity index is 2.06. The molecule has 0 saturated carbocycles. The minimum atomic E-state index is -4.23. The van der Waals surface area contributed by atoms with E-state index in [-0.39, 0.29) is 34.1 Å². The lowest BCUT2D eigenvalue weighted by atomic mass is 10.1. The van der Waals surface area contributed by atoms with Gasteiger partial charge in [0.2, 0.25) is 11.8 Å². The first kappa shape index (κ1) is 30.3. The average Bonchev–Trinajstić information content (AvgIpc) is 2.90. The third kappa shape index (κ3) is 7.65. The molecule has 0 fully saturated rings. The number of carbonyl (C=O) groups is 2. The molecule has 39 heavy (non-hydrogen) atoms. The topological polar surface area (TPSA) is 96.0 Å². The lowest BCUT2D eigenvalue weighted by molar-refractivity contribution is -0.139. The predicted molar refractivity (Wildman–Crippen MR) is 154 cm³/mol. The van der Waals surface area contributed by atoms with Crippen LogP contribution in [0.1, 0.15) is 26.3 Å². The molecule has 0 bridgehead atoms. The average molecular weight is 593 g/mol. The highest BCUT2D eigenvalue weighted by atomic mass is 35.5. The normalized spacial score (nSPS) is 12.1. The summed E-state index contributed by atoms with van der Waals surface area (Å²) in [6, 6.07) is 18.1. The number of carbonyl (C=O) groups excluding carboxylic acids is 2. The largest absolute Gasteiger partial charge is 0.497 e. The summed E-state index contributed by atoms with van der Waals surface area (Å²) in [5.41, 5.74) is 0.785. The molecular formula is C28H31Cl2N3O5S. The first-order valence-electron chi connectivity index (χ1n) is 12.2. The highest BCUT2D eigenvalue weighted by Gasteiger charge is 2.33. The van der Waals surface area contributed by atoms with Crippen LogP contribution in [-0.2, 0) is 26.2 Å². The molecule has 208 valence electrons. The van der Waals surface area contributed by atoms with E-state index in [9.17, 15) is 18.0 Å². The molecule has 1 atom stereocenters. The number of benzene rings is 3. The van der Waals surface area contributed by atoms with Gasteiger partial charge < -0.3 is 15.0 Å². The number of ether oxygens (including phenoxy) is 1. The van der Waals surface area contributed by atoms with Crippen molar-refractivity contribution in [2.45, 2.75) is 44.3 Å². The van der Waals surface area contributed by atoms with E-state index >= 15 is 0 Å². The number of nitrogens with zero attached hydrogens (tertiary/aromatic N) is 2. The van der Waals surface area contributed by atoms with E-state index in [2.05, 4.69) is 5.32 Å². The minimum Gasteiger partial charge on any atom is -0.497 e. The number of rotatable bonds is 11. The third-order valence-electron chi connectivity index (χ3n) is 5.87. The molecule has 0 heterocycles. The molecule has 0 spiro atoms. The summed E-state index contributed by atoms with van der Waals surface area (Å²) in [6.45, 7) is 4.66. The molecule has 3 aromatic carbocycles. The fourth-order valence-electron chi connectivity index (χ4n) is 3.87. The van der Waals surface area contributed by atoms with Crippen molar-refractivity contribution in [2.75, 3.05) is 18.0 Å². The van der Waals surface area contributed by atoms with Gasteiger partial charge in [-0.05, 0) is 68.8 Å². The van der Waals surface area contributed by atoms with E-state index in [4.69, 9.17) is 27.9 Å². The lowest BCUT2D eigenvalue weighted by Gasteiger charge is -2.32. The zero-order chi connectivity index (χ0) is 28.7. The second kappa shape index (κ2) is 13.2. The van der Waals surface area contributed by atoms with E-state index in [0.717, 1.165) is 4.31 Å². The molecule has 0 unspecified atom stereocenters. The van der Waals surface area contributed by atoms with Crippen LogP contribution in [0.4, 0.5) is 5.69 Å². The maximum Gasteiger partial charge on any atom is 0.264 e. The van der Waals surface area contributed by atoms with Crippen LogP contribution in [0.3, 0.4) is 0 Å². The van der Waals surface area contributed by atoms with Crippen LogP contribution < -0.4 is 14.4 Å². The van der Waals surface area contributed by atoms with Gasteiger partial charge in [-0.3, -0.25) is 13.9 Å². The van der Waals surface area contributed by atoms with Crippen molar-refractivity contribution < 1.29 is 22.7 Å². The summed E-state index contributed by atoms with van der Waals surface area (Å²) >= 11 is 12.5. The minimum absolute atomic E-state index is 0.0197. The quantitative estimate of drug-likeness (QED) is 0.333. The first-order chi connectivity index (χ1) is 18.4. The van der Waals surface area contributed by atoms with Gasteiger partial charge in [-0.25, -0.2) is 8.42 Å². The zero-order valence-corrected chi connectivity index (χ0v) is 24.4. The van der Waals surface area contributed by atoms with Gasteiger partial charge >= 0.3 is 0 Å². The lowest BCUT2D eigenvalue weighted by Crippen LogP contribution is -2.52. The maximum absolute atomic E-state index is 13.9. The maximum atomic E-state index is 13.9. The summed E-state index contributed by atoms with van der Waals surface area (Å²) in [7, 11) is -2.70. The Morgan fingerprint density at radius 1 is 0.949 bits per heavy atom. The number of hydrogen-bond donors (Lipinski definition) is 1. The standard InChI is InChI=1S/C28H31Cl2N3O5S/c1-19(2)31-28(35)20(3)32(17-21-9-8-10-23(15-21)38-4)27(34)18-33(26-14-13-22(29)16-25(26)30)39(36,37)24-11-6-5-7-12-24/h5-16,19-20H,17-18H2,1-4H3,(H,31,35)/t20-/m0/s1. The summed E-state index contributed by atoms with van der Waals surface area (Å²) < 4.78 is 33.8. The van der Waals surface area contributed by atoms with Crippen molar-refractivity contribution in [1.82, 2.24) is 10.2 Å². The molecule has 8 nitrogen and oxygen atoms in total. The Kier molecular flexibility index (Phi) is 10.2. The van der Waals surface area contributed by atoms with Crippen molar-refractivity contribution >= 4 is 50.7 Å². The van der Waals surface area contributed by atoms with E-state index < -0.39 is 28.5 Å². The van der Waals surface area contributed by atoms with Crippen molar-refractivity contribution in [2.24, 2.45) is 0 Å². The summed E-state index contributed by atoms with van der Waals surface area (Å²) in [4.78, 5) is 28.2. The molecule has 0 aromatic heterocycles. The fraction of sp³-hybridized carbons (Fsp3) is 0.286. The van der Waals surface area contributed by atoms with Gasteiger partial charge in [0.1, 0.15) is 18.3 Å². The molecule has 0 aliphatic rings. The van der Waals surface area contributed by atoms with Crippen LogP contribution in [0.25, 0.3) is 0 Å². The molecule has 1 N–H and O–H groups in total. The highest BCUT2D eigenvalue weighted by Crippen LogP contribution is 2.33. The first-order valence-corrected chi connectivity index (χ1v) is 14.4. The van der Waals surface area contributed by atoms with Gasteiger partial charge in [-0.15, -0.1) is 0 Å². The van der Waals surface area contributed by atoms with Crippen LogP contribution in [-0.4, -0.2) is 50.9 Å². The number of nitrogens with one attached hydrogen (secondary N) is 1. The Morgan fingerprint density at radius 2 is 1.64 bits per heavy atom. The van der Waals surface area contributed by atoms with Crippen LogP contribution >= 0.6 is 23.2 Å². The Morgan fingerprint density at radius 3 is 2.26 bits per heavy atom. The second-order valence-corrected chi connectivity index (χ2v) is 11.8. The van der Waals surface area contributed by atoms with E-state index in [1.54, 1.807) is 49.4 Å². The number of halogens is 2. The Bertz CT molecular complexity index is 1420. The number of sulfonamides is 1. The monoisotopic (exact) mass is 591 g/mol. The molecule has 3 aromatic rings. The van der Waals surface area contributed by atoms with Gasteiger partial charge in [-0.2, -0.15) is 0 Å². The molecule has 2 amide bonds. The van der Waals surface area contributed by atoms with Crippen LogP contribution in [0.2, 0.25) is 10.0 Å². The summed E-state index contributed by atoms with van der Waals surface area (Å²) in [5.74, 6) is -0.390. The van der Waals surface area contributed by atoms with Gasteiger partial charge in [0.05, 0.1) is 22.7 Å². The molecular weight excluding hydrogens is 561 g/mol. The number of amides is 2. The van der Waals surface area contributed by atoms with Gasteiger partial charge in [0.25, 0.3) is 10.0 Å². The van der Waals surface area contributed by atoms with Crippen LogP contribution in [0.5, 0.6) is 5.75 Å². The second-order valence-electron chi connectivity index (χ2n) is 9.13.